The van der Waals surface area contributed by atoms with Gasteiger partial charge in [-0.3, -0.25) is 9.78 Å². The van der Waals surface area contributed by atoms with Crippen LogP contribution < -0.4 is 10.6 Å². The summed E-state index contributed by atoms with van der Waals surface area (Å²) in [6.07, 6.45) is 3.91. The lowest BCUT2D eigenvalue weighted by atomic mass is 10.1. The Morgan fingerprint density at radius 2 is 1.76 bits per heavy atom. The molecular weight excluding hydrogens is 262 g/mol. The molecule has 0 radical (unpaired) electrons. The summed E-state index contributed by atoms with van der Waals surface area (Å²) in [6, 6.07) is 10.1. The predicted octanol–water partition coefficient (Wildman–Crippen LogP) is 2.82. The van der Waals surface area contributed by atoms with Gasteiger partial charge in [0.1, 0.15) is 0 Å². The molecule has 0 spiro atoms. The van der Waals surface area contributed by atoms with Crippen molar-refractivity contribution in [1.29, 1.82) is 0 Å². The molecule has 0 atom stereocenters. The van der Waals surface area contributed by atoms with Crippen LogP contribution in [0.15, 0.2) is 42.7 Å². The van der Waals surface area contributed by atoms with Crippen LogP contribution in [0.2, 0.25) is 0 Å². The van der Waals surface area contributed by atoms with E-state index in [1.54, 1.807) is 12.4 Å². The molecule has 1 aromatic heterocycles. The molecule has 21 heavy (non-hydrogen) atoms. The van der Waals surface area contributed by atoms with Crippen molar-refractivity contribution in [2.75, 3.05) is 11.9 Å². The Bertz CT molecular complexity index is 576. The quantitative estimate of drug-likeness (QED) is 0.857. The van der Waals surface area contributed by atoms with Crippen molar-refractivity contribution in [2.24, 2.45) is 0 Å². The van der Waals surface area contributed by atoms with Gasteiger partial charge >= 0.3 is 0 Å². The lowest BCUT2D eigenvalue weighted by molar-refractivity contribution is -0.121. The third kappa shape index (κ3) is 5.26. The average Bonchev–Trinajstić information content (AvgIpc) is 2.45. The van der Waals surface area contributed by atoms with Crippen LogP contribution in [0.5, 0.6) is 0 Å². The van der Waals surface area contributed by atoms with E-state index >= 15 is 0 Å². The Kier molecular flexibility index (Phi) is 5.32. The lowest BCUT2D eigenvalue weighted by Gasteiger charge is -2.09. The molecule has 4 nitrogen and oxygen atoms in total. The van der Waals surface area contributed by atoms with Gasteiger partial charge in [-0.1, -0.05) is 6.07 Å². The Labute approximate surface area is 125 Å². The summed E-state index contributed by atoms with van der Waals surface area (Å²) in [5.74, 6) is 0.0451. The van der Waals surface area contributed by atoms with Gasteiger partial charge in [0.25, 0.3) is 0 Å². The van der Waals surface area contributed by atoms with Crippen molar-refractivity contribution >= 4 is 11.6 Å². The van der Waals surface area contributed by atoms with Gasteiger partial charge in [0.15, 0.2) is 0 Å². The van der Waals surface area contributed by atoms with Gasteiger partial charge in [-0.25, -0.2) is 0 Å². The highest BCUT2D eigenvalue weighted by molar-refractivity contribution is 5.76. The van der Waals surface area contributed by atoms with Crippen LogP contribution in [-0.4, -0.2) is 17.4 Å². The maximum atomic E-state index is 11.8. The van der Waals surface area contributed by atoms with Crippen molar-refractivity contribution in [3.8, 4) is 0 Å². The number of nitrogens with zero attached hydrogens (tertiary/aromatic N) is 1. The maximum absolute atomic E-state index is 11.8. The van der Waals surface area contributed by atoms with Crippen molar-refractivity contribution in [1.82, 2.24) is 10.3 Å². The fraction of sp³-hybridized carbons (Fsp3) is 0.294. The van der Waals surface area contributed by atoms with Crippen molar-refractivity contribution in [3.05, 3.63) is 59.4 Å². The van der Waals surface area contributed by atoms with Gasteiger partial charge in [-0.2, -0.15) is 0 Å². The number of hydrogen-bond acceptors (Lipinski definition) is 3. The van der Waals surface area contributed by atoms with Crippen LogP contribution in [-0.2, 0) is 11.3 Å². The molecule has 0 fully saturated rings. The zero-order valence-electron chi connectivity index (χ0n) is 12.5. The highest BCUT2D eigenvalue weighted by Crippen LogP contribution is 2.13. The van der Waals surface area contributed by atoms with E-state index in [2.05, 4.69) is 47.7 Å². The molecule has 4 heteroatoms. The van der Waals surface area contributed by atoms with Crippen LogP contribution in [0.3, 0.4) is 0 Å². The number of carbonyl (C=O) groups is 1. The molecule has 2 N–H and O–H groups in total. The Balaban J connectivity index is 1.72. The normalized spacial score (nSPS) is 10.2. The number of nitrogens with one attached hydrogen (secondary N) is 2. The number of amides is 1. The molecule has 1 aromatic carbocycles. The smallest absolute Gasteiger partial charge is 0.222 e. The molecule has 2 aromatic rings. The highest BCUT2D eigenvalue weighted by atomic mass is 16.1. The van der Waals surface area contributed by atoms with E-state index in [1.165, 1.54) is 11.1 Å². The van der Waals surface area contributed by atoms with Gasteiger partial charge in [-0.15, -0.1) is 0 Å². The number of carbonyl (C=O) groups excluding carboxylic acids is 1. The van der Waals surface area contributed by atoms with E-state index in [9.17, 15) is 4.79 Å². The first-order valence-corrected chi connectivity index (χ1v) is 7.11. The minimum Gasteiger partial charge on any atom is -0.385 e. The first-order valence-electron chi connectivity index (χ1n) is 7.11. The Morgan fingerprint density at radius 3 is 2.43 bits per heavy atom. The first-order chi connectivity index (χ1) is 10.1. The second kappa shape index (κ2) is 7.43. The number of aryl methyl sites for hydroxylation is 2. The number of anilines is 1. The Hall–Kier alpha value is -2.36. The summed E-state index contributed by atoms with van der Waals surface area (Å²) in [4.78, 5) is 15.7. The molecule has 0 saturated carbocycles. The number of aromatic nitrogens is 1. The third-order valence-corrected chi connectivity index (χ3v) is 3.14. The average molecular weight is 283 g/mol. The molecule has 2 rings (SSSR count). The van der Waals surface area contributed by atoms with Gasteiger partial charge in [0.2, 0.25) is 5.91 Å². The molecule has 0 unspecified atom stereocenters. The molecule has 1 amide bonds. The summed E-state index contributed by atoms with van der Waals surface area (Å²) in [5, 5.41) is 6.19. The number of benzene rings is 1. The molecule has 0 aliphatic carbocycles. The SMILES string of the molecule is Cc1cc(C)cc(NCCC(=O)NCc2ccncc2)c1. The van der Waals surface area contributed by atoms with Crippen LogP contribution >= 0.6 is 0 Å². The van der Waals surface area contributed by atoms with E-state index in [0.717, 1.165) is 11.3 Å². The van der Waals surface area contributed by atoms with Gasteiger partial charge < -0.3 is 10.6 Å². The predicted molar refractivity (Wildman–Crippen MR) is 85.1 cm³/mol. The van der Waals surface area contributed by atoms with E-state index in [1.807, 2.05) is 12.1 Å². The Morgan fingerprint density at radius 1 is 1.10 bits per heavy atom. The minimum atomic E-state index is 0.0451. The second-order valence-electron chi connectivity index (χ2n) is 5.19. The van der Waals surface area contributed by atoms with Crippen LogP contribution in [0.4, 0.5) is 5.69 Å². The summed E-state index contributed by atoms with van der Waals surface area (Å²) < 4.78 is 0. The summed E-state index contributed by atoms with van der Waals surface area (Å²) in [5.41, 5.74) is 4.56. The summed E-state index contributed by atoms with van der Waals surface area (Å²) in [7, 11) is 0. The molecule has 0 bridgehead atoms. The van der Waals surface area contributed by atoms with E-state index in [0.29, 0.717) is 19.5 Å². The summed E-state index contributed by atoms with van der Waals surface area (Å²) in [6.45, 7) is 5.31. The van der Waals surface area contributed by atoms with Gasteiger partial charge in [0, 0.05) is 37.6 Å². The standard InChI is InChI=1S/C17H21N3O/c1-13-9-14(2)11-16(10-13)19-8-5-17(21)20-12-15-3-6-18-7-4-15/h3-4,6-7,9-11,19H,5,8,12H2,1-2H3,(H,20,21). The minimum absolute atomic E-state index is 0.0451. The molecule has 110 valence electrons. The molecule has 0 aliphatic rings. The zero-order valence-corrected chi connectivity index (χ0v) is 12.5. The number of rotatable bonds is 6. The van der Waals surface area contributed by atoms with Crippen LogP contribution in [0.1, 0.15) is 23.1 Å². The molecule has 0 saturated heterocycles. The van der Waals surface area contributed by atoms with Gasteiger partial charge in [0.05, 0.1) is 0 Å². The first kappa shape index (κ1) is 15.0. The zero-order chi connectivity index (χ0) is 15.1. The van der Waals surface area contributed by atoms with Crippen molar-refractivity contribution < 1.29 is 4.79 Å². The van der Waals surface area contributed by atoms with Crippen molar-refractivity contribution in [2.45, 2.75) is 26.8 Å². The molecule has 0 aliphatic heterocycles. The number of pyridine rings is 1. The largest absolute Gasteiger partial charge is 0.385 e. The second-order valence-corrected chi connectivity index (χ2v) is 5.19. The fourth-order valence-corrected chi connectivity index (χ4v) is 2.19. The molecular formula is C17H21N3O. The van der Waals surface area contributed by atoms with E-state index < -0.39 is 0 Å². The monoisotopic (exact) mass is 283 g/mol. The molecule has 1 heterocycles. The van der Waals surface area contributed by atoms with Crippen LogP contribution in [0.25, 0.3) is 0 Å². The van der Waals surface area contributed by atoms with E-state index in [4.69, 9.17) is 0 Å². The van der Waals surface area contributed by atoms with Crippen molar-refractivity contribution in [3.63, 3.8) is 0 Å². The lowest BCUT2D eigenvalue weighted by Crippen LogP contribution is -2.24. The van der Waals surface area contributed by atoms with Gasteiger partial charge in [-0.05, 0) is 54.8 Å². The topological polar surface area (TPSA) is 54.0 Å². The van der Waals surface area contributed by atoms with Crippen LogP contribution in [0, 0.1) is 13.8 Å². The third-order valence-electron chi connectivity index (χ3n) is 3.14. The summed E-state index contributed by atoms with van der Waals surface area (Å²) >= 11 is 0. The maximum Gasteiger partial charge on any atom is 0.222 e. The van der Waals surface area contributed by atoms with E-state index in [-0.39, 0.29) is 5.91 Å². The fourth-order valence-electron chi connectivity index (χ4n) is 2.19. The number of hydrogen-bond donors (Lipinski definition) is 2. The highest BCUT2D eigenvalue weighted by Gasteiger charge is 2.02.